The Morgan fingerprint density at radius 2 is 2.05 bits per heavy atom. The van der Waals surface area contributed by atoms with Crippen LogP contribution in [-0.2, 0) is 17.6 Å². The normalized spacial score (nSPS) is 14.3. The number of hydrogen-bond donors (Lipinski definition) is 1. The van der Waals surface area contributed by atoms with Crippen molar-refractivity contribution in [3.8, 4) is 10.6 Å². The molecule has 1 N–H and O–H groups in total. The molecule has 0 saturated carbocycles. The minimum atomic E-state index is -0.273. The van der Waals surface area contributed by atoms with Crippen molar-refractivity contribution in [2.75, 3.05) is 19.7 Å². The summed E-state index contributed by atoms with van der Waals surface area (Å²) in [5, 5.41) is 4.43. The minimum absolute atomic E-state index is 0.273. The van der Waals surface area contributed by atoms with Crippen molar-refractivity contribution in [1.82, 2.24) is 10.3 Å². The molecular formula is C16H18N2O2S. The van der Waals surface area contributed by atoms with Gasteiger partial charge in [-0.2, -0.15) is 0 Å². The molecule has 1 aromatic heterocycles. The lowest BCUT2D eigenvalue weighted by Crippen LogP contribution is -2.16. The first-order chi connectivity index (χ1) is 10.3. The van der Waals surface area contributed by atoms with Gasteiger partial charge in [0.1, 0.15) is 5.01 Å². The van der Waals surface area contributed by atoms with Crippen molar-refractivity contribution in [1.29, 1.82) is 0 Å². The molecule has 0 fully saturated rings. The van der Waals surface area contributed by atoms with Crippen molar-refractivity contribution in [3.05, 3.63) is 40.4 Å². The molecule has 0 spiro atoms. The van der Waals surface area contributed by atoms with Crippen LogP contribution in [0, 0.1) is 0 Å². The van der Waals surface area contributed by atoms with Gasteiger partial charge in [0, 0.05) is 30.0 Å². The zero-order valence-corrected chi connectivity index (χ0v) is 12.8. The first kappa shape index (κ1) is 14.2. The molecule has 0 unspecified atom stereocenters. The van der Waals surface area contributed by atoms with Crippen LogP contribution in [0.25, 0.3) is 10.6 Å². The van der Waals surface area contributed by atoms with E-state index in [4.69, 9.17) is 9.72 Å². The third-order valence-electron chi connectivity index (χ3n) is 3.49. The summed E-state index contributed by atoms with van der Waals surface area (Å²) in [5.41, 5.74) is 2.87. The molecular weight excluding hydrogens is 284 g/mol. The lowest BCUT2D eigenvalue weighted by Gasteiger charge is -2.02. The summed E-state index contributed by atoms with van der Waals surface area (Å²) in [4.78, 5) is 17.8. The number of esters is 1. The summed E-state index contributed by atoms with van der Waals surface area (Å²) in [6, 6.07) is 7.51. The van der Waals surface area contributed by atoms with Gasteiger partial charge in [0.05, 0.1) is 17.9 Å². The Morgan fingerprint density at radius 1 is 1.29 bits per heavy atom. The van der Waals surface area contributed by atoms with Crippen molar-refractivity contribution in [3.63, 3.8) is 0 Å². The topological polar surface area (TPSA) is 51.2 Å². The molecule has 1 aliphatic heterocycles. The smallest absolute Gasteiger partial charge is 0.338 e. The van der Waals surface area contributed by atoms with Gasteiger partial charge < -0.3 is 10.1 Å². The van der Waals surface area contributed by atoms with Crippen molar-refractivity contribution in [2.45, 2.75) is 19.8 Å². The van der Waals surface area contributed by atoms with Gasteiger partial charge in [0.2, 0.25) is 0 Å². The first-order valence-electron chi connectivity index (χ1n) is 7.25. The molecule has 3 rings (SSSR count). The maximum absolute atomic E-state index is 11.6. The highest BCUT2D eigenvalue weighted by Crippen LogP contribution is 2.29. The van der Waals surface area contributed by atoms with E-state index in [1.165, 1.54) is 10.6 Å². The maximum atomic E-state index is 11.6. The fourth-order valence-corrected chi connectivity index (χ4v) is 3.51. The second-order valence-electron chi connectivity index (χ2n) is 4.94. The van der Waals surface area contributed by atoms with Gasteiger partial charge in [-0.25, -0.2) is 9.78 Å². The number of nitrogens with one attached hydrogen (secondary N) is 1. The standard InChI is InChI=1S/C16H18N2O2S/c1-2-20-16(19)12-5-3-11(4-6-12)15-18-13-7-9-17-10-8-14(13)21-15/h3-6,17H,2,7-10H2,1H3. The van der Waals surface area contributed by atoms with Gasteiger partial charge in [-0.05, 0) is 25.5 Å². The van der Waals surface area contributed by atoms with E-state index < -0.39 is 0 Å². The van der Waals surface area contributed by atoms with Crippen LogP contribution in [0.2, 0.25) is 0 Å². The summed E-state index contributed by atoms with van der Waals surface area (Å²) >= 11 is 1.76. The quantitative estimate of drug-likeness (QED) is 0.886. The van der Waals surface area contributed by atoms with E-state index in [1.54, 1.807) is 11.3 Å². The second-order valence-corrected chi connectivity index (χ2v) is 6.02. The Balaban J connectivity index is 1.82. The molecule has 4 nitrogen and oxygen atoms in total. The van der Waals surface area contributed by atoms with Crippen LogP contribution in [0.3, 0.4) is 0 Å². The number of hydrogen-bond acceptors (Lipinski definition) is 5. The fourth-order valence-electron chi connectivity index (χ4n) is 2.39. The van der Waals surface area contributed by atoms with Gasteiger partial charge in [-0.3, -0.25) is 0 Å². The van der Waals surface area contributed by atoms with E-state index in [9.17, 15) is 4.79 Å². The van der Waals surface area contributed by atoms with Crippen LogP contribution in [0.4, 0.5) is 0 Å². The first-order valence-corrected chi connectivity index (χ1v) is 8.06. The molecule has 0 saturated heterocycles. The Kier molecular flexibility index (Phi) is 4.31. The van der Waals surface area contributed by atoms with E-state index in [1.807, 2.05) is 31.2 Å². The van der Waals surface area contributed by atoms with Crippen molar-refractivity contribution >= 4 is 17.3 Å². The average Bonchev–Trinajstić information content (AvgIpc) is 2.79. The maximum Gasteiger partial charge on any atom is 0.338 e. The minimum Gasteiger partial charge on any atom is -0.462 e. The number of nitrogens with zero attached hydrogens (tertiary/aromatic N) is 1. The molecule has 1 aromatic carbocycles. The molecule has 5 heteroatoms. The van der Waals surface area contributed by atoms with Crippen LogP contribution in [-0.4, -0.2) is 30.6 Å². The monoisotopic (exact) mass is 302 g/mol. The van der Waals surface area contributed by atoms with E-state index in [-0.39, 0.29) is 5.97 Å². The van der Waals surface area contributed by atoms with E-state index in [2.05, 4.69) is 5.32 Å². The summed E-state index contributed by atoms with van der Waals surface area (Å²) < 4.78 is 4.99. The predicted molar refractivity (Wildman–Crippen MR) is 83.8 cm³/mol. The number of fused-ring (bicyclic) bond motifs is 1. The summed E-state index contributed by atoms with van der Waals surface area (Å²) in [5.74, 6) is -0.273. The molecule has 2 aromatic rings. The lowest BCUT2D eigenvalue weighted by atomic mass is 10.1. The summed E-state index contributed by atoms with van der Waals surface area (Å²) in [6.45, 7) is 4.23. The van der Waals surface area contributed by atoms with Gasteiger partial charge in [-0.1, -0.05) is 12.1 Å². The molecule has 0 aliphatic carbocycles. The zero-order chi connectivity index (χ0) is 14.7. The van der Waals surface area contributed by atoms with E-state index >= 15 is 0 Å². The predicted octanol–water partition coefficient (Wildman–Crippen LogP) is 2.68. The second kappa shape index (κ2) is 6.37. The molecule has 0 radical (unpaired) electrons. The number of ether oxygens (including phenoxy) is 1. The van der Waals surface area contributed by atoms with Crippen LogP contribution in [0.15, 0.2) is 24.3 Å². The highest BCUT2D eigenvalue weighted by molar-refractivity contribution is 7.15. The third-order valence-corrected chi connectivity index (χ3v) is 4.70. The van der Waals surface area contributed by atoms with Crippen LogP contribution in [0.5, 0.6) is 0 Å². The highest BCUT2D eigenvalue weighted by atomic mass is 32.1. The number of rotatable bonds is 3. The molecule has 1 aliphatic rings. The number of carbonyl (C=O) groups excluding carboxylic acids is 1. The van der Waals surface area contributed by atoms with Crippen LogP contribution >= 0.6 is 11.3 Å². The highest BCUT2D eigenvalue weighted by Gasteiger charge is 2.15. The Hall–Kier alpha value is -1.72. The van der Waals surface area contributed by atoms with Gasteiger partial charge >= 0.3 is 5.97 Å². The Morgan fingerprint density at radius 3 is 2.81 bits per heavy atom. The van der Waals surface area contributed by atoms with Crippen molar-refractivity contribution < 1.29 is 9.53 Å². The zero-order valence-electron chi connectivity index (χ0n) is 12.0. The molecule has 0 amide bonds. The molecule has 2 heterocycles. The van der Waals surface area contributed by atoms with Gasteiger partial charge in [0.15, 0.2) is 0 Å². The number of carbonyl (C=O) groups is 1. The summed E-state index contributed by atoms with van der Waals surface area (Å²) in [6.07, 6.45) is 2.04. The number of benzene rings is 1. The van der Waals surface area contributed by atoms with E-state index in [0.29, 0.717) is 12.2 Å². The molecule has 21 heavy (non-hydrogen) atoms. The SMILES string of the molecule is CCOC(=O)c1ccc(-c2nc3c(s2)CCNCC3)cc1. The average molecular weight is 302 g/mol. The Bertz CT molecular complexity index is 611. The van der Waals surface area contributed by atoms with Crippen molar-refractivity contribution in [2.24, 2.45) is 0 Å². The number of thiazole rings is 1. The lowest BCUT2D eigenvalue weighted by molar-refractivity contribution is 0.0526. The van der Waals surface area contributed by atoms with Gasteiger partial charge in [-0.15, -0.1) is 11.3 Å². The molecule has 0 atom stereocenters. The third kappa shape index (κ3) is 3.14. The summed E-state index contributed by atoms with van der Waals surface area (Å²) in [7, 11) is 0. The van der Waals surface area contributed by atoms with Crippen LogP contribution in [0.1, 0.15) is 27.9 Å². The Labute approximate surface area is 128 Å². The molecule has 0 bridgehead atoms. The largest absolute Gasteiger partial charge is 0.462 e. The fraction of sp³-hybridized carbons (Fsp3) is 0.375. The van der Waals surface area contributed by atoms with Crippen LogP contribution < -0.4 is 5.32 Å². The van der Waals surface area contributed by atoms with E-state index in [0.717, 1.165) is 36.5 Å². The molecule has 110 valence electrons. The van der Waals surface area contributed by atoms with Gasteiger partial charge in [0.25, 0.3) is 0 Å². The number of aromatic nitrogens is 1.